The molecule has 2 aromatic rings. The molecule has 34 heavy (non-hydrogen) atoms. The number of benzene rings is 2. The number of hydrogen-bond donors (Lipinski definition) is 2. The van der Waals surface area contributed by atoms with Crippen LogP contribution in [-0.2, 0) is 9.59 Å². The van der Waals surface area contributed by atoms with Crippen LogP contribution in [0.2, 0.25) is 0 Å². The normalized spacial score (nSPS) is 15.6. The highest BCUT2D eigenvalue weighted by molar-refractivity contribution is 6.02. The van der Waals surface area contributed by atoms with Crippen LogP contribution in [-0.4, -0.2) is 37.5 Å². The summed E-state index contributed by atoms with van der Waals surface area (Å²) in [5.74, 6) is 1.60. The molecule has 2 aliphatic rings. The molecule has 0 fully saturated rings. The zero-order valence-electron chi connectivity index (χ0n) is 19.3. The molecular weight excluding hydrogens is 432 g/mol. The lowest BCUT2D eigenvalue weighted by molar-refractivity contribution is -0.122. The van der Waals surface area contributed by atoms with Gasteiger partial charge in [-0.15, -0.1) is 0 Å². The molecule has 2 N–H and O–H groups in total. The van der Waals surface area contributed by atoms with Gasteiger partial charge in [-0.05, 0) is 42.0 Å². The van der Waals surface area contributed by atoms with E-state index in [1.165, 1.54) is 0 Å². The largest absolute Gasteiger partial charge is 0.497 e. The second-order valence-corrected chi connectivity index (χ2v) is 7.46. The van der Waals surface area contributed by atoms with E-state index in [-0.39, 0.29) is 11.8 Å². The Hall–Kier alpha value is -4.20. The molecule has 8 nitrogen and oxygen atoms in total. The average molecular weight is 461 g/mol. The minimum Gasteiger partial charge on any atom is -0.497 e. The number of ether oxygens (including phenoxy) is 2. The fourth-order valence-electron chi connectivity index (χ4n) is 3.14. The third-order valence-corrected chi connectivity index (χ3v) is 5.02. The van der Waals surface area contributed by atoms with Crippen molar-refractivity contribution in [2.45, 2.75) is 25.7 Å². The highest BCUT2D eigenvalue weighted by Crippen LogP contribution is 2.19. The first-order chi connectivity index (χ1) is 16.6. The molecule has 2 aliphatic heterocycles. The number of nitrogens with one attached hydrogen (secondary N) is 2. The Bertz CT molecular complexity index is 1140. The molecule has 2 amide bonds. The molecule has 0 spiro atoms. The third-order valence-electron chi connectivity index (χ3n) is 5.02. The molecule has 0 saturated heterocycles. The van der Waals surface area contributed by atoms with Gasteiger partial charge < -0.3 is 9.47 Å². The van der Waals surface area contributed by atoms with Gasteiger partial charge >= 0.3 is 0 Å². The first-order valence-electron chi connectivity index (χ1n) is 10.9. The minimum atomic E-state index is -0.0283. The summed E-state index contributed by atoms with van der Waals surface area (Å²) in [4.78, 5) is 21.8. The molecule has 0 radical (unpaired) electrons. The Balaban J connectivity index is 0.000000191. The minimum absolute atomic E-state index is 0.0245. The summed E-state index contributed by atoms with van der Waals surface area (Å²) in [5, 5.41) is 7.94. The predicted octanol–water partition coefficient (Wildman–Crippen LogP) is 3.95. The van der Waals surface area contributed by atoms with Crippen molar-refractivity contribution in [1.82, 2.24) is 10.9 Å². The van der Waals surface area contributed by atoms with Crippen molar-refractivity contribution in [2.75, 3.05) is 14.2 Å². The Morgan fingerprint density at radius 1 is 0.735 bits per heavy atom. The predicted molar refractivity (Wildman–Crippen MR) is 134 cm³/mol. The summed E-state index contributed by atoms with van der Waals surface area (Å²) in [7, 11) is 3.29. The molecule has 8 heteroatoms. The monoisotopic (exact) mass is 460 g/mol. The highest BCUT2D eigenvalue weighted by atomic mass is 16.5. The maximum absolute atomic E-state index is 10.9. The number of hydrazone groups is 2. The lowest BCUT2D eigenvalue weighted by Crippen LogP contribution is -2.24. The smallest absolute Gasteiger partial charge is 0.240 e. The van der Waals surface area contributed by atoms with Crippen LogP contribution in [0.4, 0.5) is 0 Å². The number of hydrogen-bond acceptors (Lipinski definition) is 6. The van der Waals surface area contributed by atoms with Gasteiger partial charge in [-0.1, -0.05) is 36.4 Å². The van der Waals surface area contributed by atoms with Crippen molar-refractivity contribution in [3.8, 4) is 11.5 Å². The van der Waals surface area contributed by atoms with Crippen molar-refractivity contribution < 1.29 is 19.1 Å². The van der Waals surface area contributed by atoms with Gasteiger partial charge in [0.2, 0.25) is 11.8 Å². The van der Waals surface area contributed by atoms with Gasteiger partial charge in [0.15, 0.2) is 0 Å². The van der Waals surface area contributed by atoms with Crippen molar-refractivity contribution in [1.29, 1.82) is 0 Å². The van der Waals surface area contributed by atoms with Gasteiger partial charge in [0, 0.05) is 31.2 Å². The maximum Gasteiger partial charge on any atom is 0.240 e. The second kappa shape index (κ2) is 12.7. The number of carbonyl (C=O) groups excluding carboxylic acids is 2. The molecular formula is C26H28N4O4. The highest BCUT2D eigenvalue weighted by Gasteiger charge is 2.09. The Labute approximate surface area is 199 Å². The molecule has 0 atom stereocenters. The van der Waals surface area contributed by atoms with Crippen molar-refractivity contribution in [3.63, 3.8) is 0 Å². The van der Waals surface area contributed by atoms with Crippen LogP contribution in [0, 0.1) is 0 Å². The van der Waals surface area contributed by atoms with Gasteiger partial charge in [-0.25, -0.2) is 10.9 Å². The van der Waals surface area contributed by atoms with Gasteiger partial charge in [0.1, 0.15) is 11.5 Å². The van der Waals surface area contributed by atoms with Crippen LogP contribution in [0.5, 0.6) is 11.5 Å². The first-order valence-corrected chi connectivity index (χ1v) is 10.9. The van der Waals surface area contributed by atoms with Gasteiger partial charge in [0.05, 0.1) is 25.6 Å². The molecule has 2 heterocycles. The second-order valence-electron chi connectivity index (χ2n) is 7.46. The van der Waals surface area contributed by atoms with E-state index in [1.54, 1.807) is 14.2 Å². The fourth-order valence-corrected chi connectivity index (χ4v) is 3.14. The van der Waals surface area contributed by atoms with Crippen LogP contribution in [0.1, 0.15) is 36.8 Å². The lowest BCUT2D eigenvalue weighted by atomic mass is 10.1. The average Bonchev–Trinajstić information content (AvgIpc) is 2.89. The lowest BCUT2D eigenvalue weighted by Gasteiger charge is -2.08. The van der Waals surface area contributed by atoms with Crippen molar-refractivity contribution in [3.05, 3.63) is 71.8 Å². The fraction of sp³-hybridized carbons (Fsp3) is 0.231. The van der Waals surface area contributed by atoms with Crippen LogP contribution < -0.4 is 20.3 Å². The number of para-hydroxylation sites is 1. The summed E-state index contributed by atoms with van der Waals surface area (Å²) in [6, 6.07) is 15.5. The van der Waals surface area contributed by atoms with E-state index < -0.39 is 0 Å². The number of amides is 2. The topological polar surface area (TPSA) is 101 Å². The molecule has 0 saturated carbocycles. The summed E-state index contributed by atoms with van der Waals surface area (Å²) >= 11 is 0. The van der Waals surface area contributed by atoms with Gasteiger partial charge in [0.25, 0.3) is 0 Å². The van der Waals surface area contributed by atoms with Crippen LogP contribution in [0.15, 0.2) is 70.9 Å². The number of carbonyl (C=O) groups is 2. The quantitative estimate of drug-likeness (QED) is 0.682. The van der Waals surface area contributed by atoms with Crippen molar-refractivity contribution in [2.24, 2.45) is 10.2 Å². The zero-order chi connectivity index (χ0) is 24.2. The Kier molecular flexibility index (Phi) is 9.16. The van der Waals surface area contributed by atoms with E-state index >= 15 is 0 Å². The molecule has 4 rings (SSSR count). The molecule has 0 aromatic heterocycles. The van der Waals surface area contributed by atoms with Crippen LogP contribution >= 0.6 is 0 Å². The standard InChI is InChI=1S/2C13H14N2O2/c1-17-12-4-2-3-10(9-12)5-6-11-7-8-13(16)15-14-11;1-17-12-5-3-2-4-10(12)6-7-11-8-9-13(16)15-14-11/h2-6,9H,7-8H2,1H3,(H,15,16);2-7H,8-9H2,1H3,(H,15,16). The van der Waals surface area contributed by atoms with E-state index in [1.807, 2.05) is 72.8 Å². The Morgan fingerprint density at radius 3 is 1.97 bits per heavy atom. The van der Waals surface area contributed by atoms with E-state index in [4.69, 9.17) is 9.47 Å². The van der Waals surface area contributed by atoms with Gasteiger partial charge in [-0.2, -0.15) is 10.2 Å². The van der Waals surface area contributed by atoms with Gasteiger partial charge in [-0.3, -0.25) is 9.59 Å². The van der Waals surface area contributed by atoms with E-state index in [9.17, 15) is 9.59 Å². The summed E-state index contributed by atoms with van der Waals surface area (Å²) < 4.78 is 10.4. The summed E-state index contributed by atoms with van der Waals surface area (Å²) in [5.41, 5.74) is 8.72. The number of nitrogens with zero attached hydrogens (tertiary/aromatic N) is 2. The Morgan fingerprint density at radius 2 is 1.38 bits per heavy atom. The zero-order valence-corrected chi connectivity index (χ0v) is 19.3. The van der Waals surface area contributed by atoms with E-state index in [2.05, 4.69) is 21.1 Å². The van der Waals surface area contributed by atoms with E-state index in [0.717, 1.165) is 34.0 Å². The number of rotatable bonds is 6. The molecule has 2 aromatic carbocycles. The van der Waals surface area contributed by atoms with E-state index in [0.29, 0.717) is 25.7 Å². The summed E-state index contributed by atoms with van der Waals surface area (Å²) in [6.45, 7) is 0. The van der Waals surface area contributed by atoms with Crippen LogP contribution in [0.3, 0.4) is 0 Å². The maximum atomic E-state index is 10.9. The SMILES string of the molecule is COc1cccc(C=CC2=NNC(=O)CC2)c1.COc1ccccc1C=CC1=NNC(=O)CC1. The molecule has 176 valence electrons. The van der Waals surface area contributed by atoms with Crippen LogP contribution in [0.25, 0.3) is 12.2 Å². The van der Waals surface area contributed by atoms with Crippen molar-refractivity contribution >= 4 is 35.4 Å². The first kappa shape index (κ1) is 24.4. The molecule has 0 unspecified atom stereocenters. The third kappa shape index (κ3) is 7.74. The molecule has 0 bridgehead atoms. The molecule has 0 aliphatic carbocycles. The number of methoxy groups -OCH3 is 2. The summed E-state index contributed by atoms with van der Waals surface area (Å²) in [6.07, 6.45) is 10.1. The number of allylic oxidation sites excluding steroid dienone is 2.